The average Bonchev–Trinajstić information content (AvgIpc) is 2.37. The lowest BCUT2D eigenvalue weighted by Gasteiger charge is -2.41. The van der Waals surface area contributed by atoms with Crippen LogP contribution in [0.1, 0.15) is 31.9 Å². The quantitative estimate of drug-likeness (QED) is 0.896. The van der Waals surface area contributed by atoms with Gasteiger partial charge in [-0.05, 0) is 32.0 Å². The van der Waals surface area contributed by atoms with Gasteiger partial charge in [0.25, 0.3) is 0 Å². The maximum Gasteiger partial charge on any atom is 0.135 e. The Kier molecular flexibility index (Phi) is 3.50. The molecule has 0 fully saturated rings. The molecule has 18 heavy (non-hydrogen) atoms. The van der Waals surface area contributed by atoms with Crippen molar-refractivity contribution < 1.29 is 19.3 Å². The number of hydrogen-bond donors (Lipinski definition) is 1. The second-order valence-electron chi connectivity index (χ2n) is 4.92. The van der Waals surface area contributed by atoms with Crippen LogP contribution in [0, 0.1) is 0 Å². The summed E-state index contributed by atoms with van der Waals surface area (Å²) in [5.41, 5.74) is 0.255. The van der Waals surface area contributed by atoms with Gasteiger partial charge in [-0.1, -0.05) is 0 Å². The zero-order chi connectivity index (χ0) is 13.3. The van der Waals surface area contributed by atoms with Gasteiger partial charge in [0.15, 0.2) is 0 Å². The van der Waals surface area contributed by atoms with Crippen molar-refractivity contribution >= 4 is 0 Å². The number of rotatable bonds is 3. The van der Waals surface area contributed by atoms with E-state index in [-0.39, 0.29) is 6.10 Å². The average molecular weight is 252 g/mol. The van der Waals surface area contributed by atoms with E-state index in [2.05, 4.69) is 0 Å². The molecule has 0 aromatic heterocycles. The van der Waals surface area contributed by atoms with E-state index >= 15 is 0 Å². The summed E-state index contributed by atoms with van der Waals surface area (Å²) >= 11 is 0. The van der Waals surface area contributed by atoms with Crippen LogP contribution in [0.5, 0.6) is 11.5 Å². The Labute approximate surface area is 107 Å². The summed E-state index contributed by atoms with van der Waals surface area (Å²) in [5.74, 6) is 1.42. The molecular weight excluding hydrogens is 232 g/mol. The van der Waals surface area contributed by atoms with Gasteiger partial charge < -0.3 is 19.3 Å². The smallest absolute Gasteiger partial charge is 0.135 e. The van der Waals surface area contributed by atoms with Crippen molar-refractivity contribution in [3.8, 4) is 11.5 Å². The molecule has 0 saturated carbocycles. The van der Waals surface area contributed by atoms with Crippen LogP contribution in [0.4, 0.5) is 0 Å². The Hall–Kier alpha value is -1.26. The molecule has 0 saturated heterocycles. The second kappa shape index (κ2) is 4.78. The van der Waals surface area contributed by atoms with Crippen molar-refractivity contribution in [2.75, 3.05) is 14.2 Å². The van der Waals surface area contributed by atoms with Gasteiger partial charge in [0, 0.05) is 19.1 Å². The van der Waals surface area contributed by atoms with E-state index in [0.29, 0.717) is 12.2 Å². The zero-order valence-corrected chi connectivity index (χ0v) is 11.3. The summed E-state index contributed by atoms with van der Waals surface area (Å²) < 4.78 is 16.5. The van der Waals surface area contributed by atoms with Gasteiger partial charge >= 0.3 is 0 Å². The summed E-state index contributed by atoms with van der Waals surface area (Å²) in [7, 11) is 3.25. The number of hydrogen-bond acceptors (Lipinski definition) is 4. The van der Waals surface area contributed by atoms with Crippen LogP contribution in [0.15, 0.2) is 18.2 Å². The van der Waals surface area contributed by atoms with Crippen LogP contribution >= 0.6 is 0 Å². The monoisotopic (exact) mass is 252 g/mol. The predicted octanol–water partition coefficient (Wildman–Crippen LogP) is 2.30. The lowest BCUT2D eigenvalue weighted by atomic mass is 9.86. The van der Waals surface area contributed by atoms with E-state index in [0.717, 1.165) is 11.3 Å². The fourth-order valence-corrected chi connectivity index (χ4v) is 2.29. The summed E-state index contributed by atoms with van der Waals surface area (Å²) in [4.78, 5) is 0. The minimum absolute atomic E-state index is 0.0950. The normalized spacial score (nSPS) is 28.2. The number of ether oxygens (including phenoxy) is 3. The van der Waals surface area contributed by atoms with Gasteiger partial charge in [-0.3, -0.25) is 0 Å². The lowest BCUT2D eigenvalue weighted by molar-refractivity contribution is -0.0919. The molecule has 0 bridgehead atoms. The van der Waals surface area contributed by atoms with Crippen LogP contribution in [-0.2, 0) is 4.74 Å². The molecule has 1 aromatic carbocycles. The number of fused-ring (bicyclic) bond motifs is 1. The first-order valence-corrected chi connectivity index (χ1v) is 6.08. The molecule has 4 nitrogen and oxygen atoms in total. The van der Waals surface area contributed by atoms with E-state index in [9.17, 15) is 5.11 Å². The molecular formula is C14H20O4. The molecule has 0 amide bonds. The fraction of sp³-hybridized carbons (Fsp3) is 0.571. The Morgan fingerprint density at radius 3 is 2.78 bits per heavy atom. The van der Waals surface area contributed by atoms with Gasteiger partial charge in [-0.2, -0.15) is 0 Å². The molecule has 1 aromatic rings. The molecule has 3 atom stereocenters. The van der Waals surface area contributed by atoms with Crippen LogP contribution in [0.25, 0.3) is 0 Å². The van der Waals surface area contributed by atoms with Crippen molar-refractivity contribution in [2.45, 2.75) is 38.1 Å². The predicted molar refractivity (Wildman–Crippen MR) is 68.1 cm³/mol. The van der Waals surface area contributed by atoms with Gasteiger partial charge in [0.2, 0.25) is 0 Å². The molecule has 1 heterocycles. The third-order valence-corrected chi connectivity index (χ3v) is 3.73. The number of methoxy groups -OCH3 is 2. The molecule has 2 rings (SSSR count). The van der Waals surface area contributed by atoms with Crippen molar-refractivity contribution in [2.24, 2.45) is 0 Å². The molecule has 0 aliphatic carbocycles. The molecule has 4 heteroatoms. The Morgan fingerprint density at radius 1 is 1.44 bits per heavy atom. The van der Waals surface area contributed by atoms with Crippen molar-refractivity contribution in [1.82, 2.24) is 0 Å². The highest BCUT2D eigenvalue weighted by atomic mass is 16.5. The van der Waals surface area contributed by atoms with E-state index in [1.165, 1.54) is 0 Å². The van der Waals surface area contributed by atoms with Crippen LogP contribution in [-0.4, -0.2) is 31.0 Å². The SMILES string of the molecule is COc1ccc2c(c1)C(O)CC(C)(C(C)OC)O2. The van der Waals surface area contributed by atoms with Gasteiger partial charge in [0.05, 0.1) is 19.3 Å². The summed E-state index contributed by atoms with van der Waals surface area (Å²) in [5, 5.41) is 10.3. The third-order valence-electron chi connectivity index (χ3n) is 3.73. The second-order valence-corrected chi connectivity index (χ2v) is 4.92. The van der Waals surface area contributed by atoms with E-state index in [4.69, 9.17) is 14.2 Å². The zero-order valence-electron chi connectivity index (χ0n) is 11.3. The summed E-state index contributed by atoms with van der Waals surface area (Å²) in [6.45, 7) is 3.90. The highest BCUT2D eigenvalue weighted by molar-refractivity contribution is 5.43. The van der Waals surface area contributed by atoms with Crippen molar-refractivity contribution in [1.29, 1.82) is 0 Å². The number of aliphatic hydroxyl groups excluding tert-OH is 1. The van der Waals surface area contributed by atoms with Gasteiger partial charge in [0.1, 0.15) is 17.1 Å². The fourth-order valence-electron chi connectivity index (χ4n) is 2.29. The van der Waals surface area contributed by atoms with Crippen LogP contribution in [0.2, 0.25) is 0 Å². The van der Waals surface area contributed by atoms with Crippen molar-refractivity contribution in [3.05, 3.63) is 23.8 Å². The molecule has 0 radical (unpaired) electrons. The first-order chi connectivity index (χ1) is 8.50. The Bertz CT molecular complexity index is 432. The van der Waals surface area contributed by atoms with E-state index in [1.54, 1.807) is 14.2 Å². The molecule has 1 aliphatic heterocycles. The van der Waals surface area contributed by atoms with Crippen LogP contribution < -0.4 is 9.47 Å². The summed E-state index contributed by atoms with van der Waals surface area (Å²) in [6, 6.07) is 5.48. The largest absolute Gasteiger partial charge is 0.497 e. The van der Waals surface area contributed by atoms with E-state index < -0.39 is 11.7 Å². The maximum absolute atomic E-state index is 10.3. The van der Waals surface area contributed by atoms with E-state index in [1.807, 2.05) is 32.0 Å². The molecule has 100 valence electrons. The number of aliphatic hydroxyl groups is 1. The standard InChI is InChI=1S/C14H20O4/c1-9(16-3)14(2)8-12(15)11-7-10(17-4)5-6-13(11)18-14/h5-7,9,12,15H,8H2,1-4H3. The molecule has 0 spiro atoms. The molecule has 1 N–H and O–H groups in total. The van der Waals surface area contributed by atoms with Gasteiger partial charge in [-0.25, -0.2) is 0 Å². The first kappa shape index (κ1) is 13.2. The first-order valence-electron chi connectivity index (χ1n) is 6.08. The highest BCUT2D eigenvalue weighted by Crippen LogP contribution is 2.42. The Morgan fingerprint density at radius 2 is 2.17 bits per heavy atom. The van der Waals surface area contributed by atoms with Gasteiger partial charge in [-0.15, -0.1) is 0 Å². The highest BCUT2D eigenvalue weighted by Gasteiger charge is 2.41. The third kappa shape index (κ3) is 2.18. The topological polar surface area (TPSA) is 47.9 Å². The molecule has 3 unspecified atom stereocenters. The minimum atomic E-state index is -0.563. The lowest BCUT2D eigenvalue weighted by Crippen LogP contribution is -2.47. The van der Waals surface area contributed by atoms with Crippen LogP contribution in [0.3, 0.4) is 0 Å². The van der Waals surface area contributed by atoms with Crippen molar-refractivity contribution in [3.63, 3.8) is 0 Å². The maximum atomic E-state index is 10.3. The number of benzene rings is 1. The Balaban J connectivity index is 2.35. The summed E-state index contributed by atoms with van der Waals surface area (Å²) in [6.07, 6.45) is -0.156. The molecule has 1 aliphatic rings. The minimum Gasteiger partial charge on any atom is -0.497 e.